The molecule has 0 aromatic carbocycles. The summed E-state index contributed by atoms with van der Waals surface area (Å²) in [4.78, 5) is 0. The zero-order valence-corrected chi connectivity index (χ0v) is 8.96. The predicted octanol–water partition coefficient (Wildman–Crippen LogP) is -0.275. The Kier molecular flexibility index (Phi) is 6.10. The third-order valence-electron chi connectivity index (χ3n) is 2.58. The summed E-state index contributed by atoms with van der Waals surface area (Å²) in [5.74, 6) is 0. The Morgan fingerprint density at radius 3 is 3.14 bits per heavy atom. The third kappa shape index (κ3) is 4.91. The van der Waals surface area contributed by atoms with Crippen LogP contribution in [0.4, 0.5) is 0 Å². The fraction of sp³-hybridized carbons (Fsp3) is 1.00. The molecule has 84 valence electrons. The maximum Gasteiger partial charge on any atom is 0.0897 e. The van der Waals surface area contributed by atoms with Crippen molar-refractivity contribution >= 4 is 0 Å². The molecule has 4 nitrogen and oxygen atoms in total. The zero-order chi connectivity index (χ0) is 10.2. The Morgan fingerprint density at radius 2 is 2.36 bits per heavy atom. The summed E-state index contributed by atoms with van der Waals surface area (Å²) in [5.41, 5.74) is 0. The van der Waals surface area contributed by atoms with E-state index in [4.69, 9.17) is 4.74 Å². The largest absolute Gasteiger partial charge is 0.389 e. The molecule has 1 aliphatic rings. The fourth-order valence-electron chi connectivity index (χ4n) is 1.78. The molecule has 14 heavy (non-hydrogen) atoms. The van der Waals surface area contributed by atoms with Gasteiger partial charge in [-0.1, -0.05) is 0 Å². The van der Waals surface area contributed by atoms with E-state index >= 15 is 0 Å². The monoisotopic (exact) mass is 202 g/mol. The molecule has 0 aromatic rings. The van der Waals surface area contributed by atoms with Gasteiger partial charge in [-0.3, -0.25) is 0 Å². The number of hydrogen-bond acceptors (Lipinski definition) is 4. The van der Waals surface area contributed by atoms with E-state index in [0.717, 1.165) is 19.5 Å². The first-order valence-corrected chi connectivity index (χ1v) is 5.44. The molecule has 1 heterocycles. The van der Waals surface area contributed by atoms with Crippen molar-refractivity contribution in [1.82, 2.24) is 10.6 Å². The van der Waals surface area contributed by atoms with Gasteiger partial charge in [0, 0.05) is 19.7 Å². The van der Waals surface area contributed by atoms with Crippen LogP contribution in [0.2, 0.25) is 0 Å². The minimum Gasteiger partial charge on any atom is -0.389 e. The number of aliphatic hydroxyl groups excluding tert-OH is 1. The van der Waals surface area contributed by atoms with Gasteiger partial charge in [0.1, 0.15) is 0 Å². The number of methoxy groups -OCH3 is 1. The van der Waals surface area contributed by atoms with E-state index in [-0.39, 0.29) is 6.10 Å². The van der Waals surface area contributed by atoms with Crippen LogP contribution in [-0.2, 0) is 4.74 Å². The van der Waals surface area contributed by atoms with Gasteiger partial charge in [0.25, 0.3) is 0 Å². The summed E-state index contributed by atoms with van der Waals surface area (Å²) in [6.07, 6.45) is 3.20. The lowest BCUT2D eigenvalue weighted by Crippen LogP contribution is -2.37. The molecule has 1 aliphatic heterocycles. The lowest BCUT2D eigenvalue weighted by Gasteiger charge is -2.18. The van der Waals surface area contributed by atoms with Crippen molar-refractivity contribution in [2.24, 2.45) is 0 Å². The molecule has 0 saturated carbocycles. The molecule has 1 fully saturated rings. The number of ether oxygens (including phenoxy) is 1. The second kappa shape index (κ2) is 7.17. The summed E-state index contributed by atoms with van der Waals surface area (Å²) in [5, 5.41) is 16.2. The topological polar surface area (TPSA) is 53.5 Å². The van der Waals surface area contributed by atoms with E-state index in [9.17, 15) is 5.11 Å². The van der Waals surface area contributed by atoms with Gasteiger partial charge in [0.2, 0.25) is 0 Å². The second-order valence-electron chi connectivity index (χ2n) is 3.90. The molecular formula is C10H22N2O2. The van der Waals surface area contributed by atoms with Gasteiger partial charge in [-0.15, -0.1) is 0 Å². The van der Waals surface area contributed by atoms with Crippen LogP contribution in [0.1, 0.15) is 19.3 Å². The Balaban J connectivity index is 2.09. The summed E-state index contributed by atoms with van der Waals surface area (Å²) < 4.78 is 4.87. The number of hydrogen-bond donors (Lipinski definition) is 3. The van der Waals surface area contributed by atoms with Gasteiger partial charge in [-0.25, -0.2) is 0 Å². The highest BCUT2D eigenvalue weighted by Gasteiger charge is 2.12. The highest BCUT2D eigenvalue weighted by molar-refractivity contribution is 4.73. The quantitative estimate of drug-likeness (QED) is 0.574. The molecule has 1 rings (SSSR count). The molecule has 1 saturated heterocycles. The molecule has 4 heteroatoms. The Morgan fingerprint density at radius 1 is 1.50 bits per heavy atom. The van der Waals surface area contributed by atoms with Crippen LogP contribution in [0.15, 0.2) is 0 Å². The van der Waals surface area contributed by atoms with Crippen molar-refractivity contribution in [3.05, 3.63) is 0 Å². The average Bonchev–Trinajstić information content (AvgIpc) is 2.43. The van der Waals surface area contributed by atoms with Gasteiger partial charge in [-0.05, 0) is 32.4 Å². The maximum absolute atomic E-state index is 9.45. The first kappa shape index (κ1) is 11.9. The second-order valence-corrected chi connectivity index (χ2v) is 3.90. The number of nitrogens with one attached hydrogen (secondary N) is 2. The van der Waals surface area contributed by atoms with Crippen LogP contribution < -0.4 is 10.6 Å². The van der Waals surface area contributed by atoms with Gasteiger partial charge < -0.3 is 20.5 Å². The minimum atomic E-state index is -0.379. The molecular weight excluding hydrogens is 180 g/mol. The summed E-state index contributed by atoms with van der Waals surface area (Å²) in [7, 11) is 1.61. The van der Waals surface area contributed by atoms with Crippen LogP contribution in [0.5, 0.6) is 0 Å². The number of aliphatic hydroxyl groups is 1. The Bertz CT molecular complexity index is 136. The fourth-order valence-corrected chi connectivity index (χ4v) is 1.78. The average molecular weight is 202 g/mol. The van der Waals surface area contributed by atoms with E-state index in [1.54, 1.807) is 7.11 Å². The lowest BCUT2D eigenvalue weighted by molar-refractivity contribution is 0.0624. The minimum absolute atomic E-state index is 0.379. The molecule has 0 aromatic heterocycles. The van der Waals surface area contributed by atoms with Gasteiger partial charge >= 0.3 is 0 Å². The van der Waals surface area contributed by atoms with Crippen LogP contribution in [-0.4, -0.2) is 50.6 Å². The maximum atomic E-state index is 9.45. The van der Waals surface area contributed by atoms with E-state index in [1.165, 1.54) is 12.8 Å². The zero-order valence-electron chi connectivity index (χ0n) is 8.96. The molecule has 2 unspecified atom stereocenters. The van der Waals surface area contributed by atoms with E-state index in [1.807, 2.05) is 0 Å². The van der Waals surface area contributed by atoms with E-state index < -0.39 is 0 Å². The molecule has 0 bridgehead atoms. The molecule has 0 spiro atoms. The summed E-state index contributed by atoms with van der Waals surface area (Å²) >= 11 is 0. The SMILES string of the molecule is COCC(O)CNC1CCCNCC1. The Labute approximate surface area is 86.0 Å². The lowest BCUT2D eigenvalue weighted by atomic mass is 10.1. The van der Waals surface area contributed by atoms with E-state index in [0.29, 0.717) is 19.2 Å². The van der Waals surface area contributed by atoms with Crippen LogP contribution in [0.3, 0.4) is 0 Å². The standard InChI is InChI=1S/C10H22N2O2/c1-14-8-10(13)7-12-9-3-2-5-11-6-4-9/h9-13H,2-8H2,1H3. The van der Waals surface area contributed by atoms with Crippen molar-refractivity contribution < 1.29 is 9.84 Å². The molecule has 2 atom stereocenters. The van der Waals surface area contributed by atoms with Crippen molar-refractivity contribution in [3.8, 4) is 0 Å². The Hall–Kier alpha value is -0.160. The van der Waals surface area contributed by atoms with Gasteiger partial charge in [-0.2, -0.15) is 0 Å². The summed E-state index contributed by atoms with van der Waals surface area (Å²) in [6, 6.07) is 0.552. The molecule has 0 amide bonds. The molecule has 0 aliphatic carbocycles. The van der Waals surface area contributed by atoms with Crippen molar-refractivity contribution in [3.63, 3.8) is 0 Å². The molecule has 0 radical (unpaired) electrons. The van der Waals surface area contributed by atoms with Crippen LogP contribution >= 0.6 is 0 Å². The van der Waals surface area contributed by atoms with Crippen molar-refractivity contribution in [2.75, 3.05) is 33.4 Å². The van der Waals surface area contributed by atoms with Gasteiger partial charge in [0.05, 0.1) is 12.7 Å². The summed E-state index contributed by atoms with van der Waals surface area (Å²) in [6.45, 7) is 3.26. The van der Waals surface area contributed by atoms with Crippen LogP contribution in [0, 0.1) is 0 Å². The smallest absolute Gasteiger partial charge is 0.0897 e. The first-order chi connectivity index (χ1) is 6.83. The number of rotatable bonds is 5. The highest BCUT2D eigenvalue weighted by Crippen LogP contribution is 2.04. The first-order valence-electron chi connectivity index (χ1n) is 5.44. The van der Waals surface area contributed by atoms with Crippen molar-refractivity contribution in [2.45, 2.75) is 31.4 Å². The van der Waals surface area contributed by atoms with Gasteiger partial charge in [0.15, 0.2) is 0 Å². The predicted molar refractivity (Wildman–Crippen MR) is 56.4 cm³/mol. The third-order valence-corrected chi connectivity index (χ3v) is 2.58. The van der Waals surface area contributed by atoms with Crippen LogP contribution in [0.25, 0.3) is 0 Å². The normalized spacial score (nSPS) is 25.7. The van der Waals surface area contributed by atoms with E-state index in [2.05, 4.69) is 10.6 Å². The van der Waals surface area contributed by atoms with Crippen molar-refractivity contribution in [1.29, 1.82) is 0 Å². The highest BCUT2D eigenvalue weighted by atomic mass is 16.5. The molecule has 3 N–H and O–H groups in total.